The van der Waals surface area contributed by atoms with Crippen molar-refractivity contribution in [3.8, 4) is 5.75 Å². The van der Waals surface area contributed by atoms with Gasteiger partial charge in [0, 0.05) is 16.3 Å². The average molecular weight is 267 g/mol. The number of rotatable bonds is 2. The lowest BCUT2D eigenvalue weighted by molar-refractivity contribution is 0.483. The van der Waals surface area contributed by atoms with E-state index in [1.165, 1.54) is 5.56 Å². The van der Waals surface area contributed by atoms with E-state index in [-0.39, 0.29) is 0 Å². The fourth-order valence-corrected chi connectivity index (χ4v) is 2.95. The minimum absolute atomic E-state index is 0.317. The van der Waals surface area contributed by atoms with Gasteiger partial charge in [0.1, 0.15) is 5.75 Å². The molecule has 19 heavy (non-hydrogen) atoms. The first-order chi connectivity index (χ1) is 9.24. The third-order valence-corrected chi connectivity index (χ3v) is 4.02. The molecule has 0 saturated heterocycles. The van der Waals surface area contributed by atoms with Gasteiger partial charge in [-0.05, 0) is 36.8 Å². The molecule has 0 aliphatic heterocycles. The van der Waals surface area contributed by atoms with Gasteiger partial charge in [-0.3, -0.25) is 4.99 Å². The van der Waals surface area contributed by atoms with Gasteiger partial charge in [-0.25, -0.2) is 0 Å². The van der Waals surface area contributed by atoms with Gasteiger partial charge in [0.2, 0.25) is 0 Å². The summed E-state index contributed by atoms with van der Waals surface area (Å²) in [5.41, 5.74) is 2.08. The van der Waals surface area contributed by atoms with Crippen molar-refractivity contribution in [3.63, 3.8) is 0 Å². The second-order valence-corrected chi connectivity index (χ2v) is 5.49. The van der Waals surface area contributed by atoms with Crippen LogP contribution in [0.3, 0.4) is 0 Å². The first-order valence-electron chi connectivity index (χ1n) is 6.05. The van der Waals surface area contributed by atoms with Gasteiger partial charge in [0.15, 0.2) is 0 Å². The van der Waals surface area contributed by atoms with E-state index in [0.29, 0.717) is 5.75 Å². The minimum atomic E-state index is 0.317. The molecular formula is C16H13NOS. The van der Waals surface area contributed by atoms with E-state index in [1.807, 2.05) is 55.5 Å². The van der Waals surface area contributed by atoms with Crippen molar-refractivity contribution in [1.82, 2.24) is 0 Å². The Morgan fingerprint density at radius 1 is 1.11 bits per heavy atom. The van der Waals surface area contributed by atoms with Crippen molar-refractivity contribution in [2.24, 2.45) is 4.99 Å². The zero-order valence-electron chi connectivity index (χ0n) is 10.5. The maximum atomic E-state index is 10.1. The standard InChI is InChI=1S/C16H13NOS/c1-11-5-4-6-12(9-11)17-10-15-16(18)13-7-2-3-8-14(13)19-15/h2-10,18H,1H3. The van der Waals surface area contributed by atoms with Crippen LogP contribution in [-0.4, -0.2) is 11.3 Å². The van der Waals surface area contributed by atoms with E-state index in [4.69, 9.17) is 0 Å². The Hall–Kier alpha value is -2.13. The van der Waals surface area contributed by atoms with E-state index in [9.17, 15) is 5.11 Å². The van der Waals surface area contributed by atoms with Crippen molar-refractivity contribution >= 4 is 33.3 Å². The summed E-state index contributed by atoms with van der Waals surface area (Å²) in [5.74, 6) is 0.317. The summed E-state index contributed by atoms with van der Waals surface area (Å²) in [6.07, 6.45) is 1.73. The monoisotopic (exact) mass is 267 g/mol. The summed E-state index contributed by atoms with van der Waals surface area (Å²) >= 11 is 1.55. The number of aliphatic imine (C=N–C) groups is 1. The lowest BCUT2D eigenvalue weighted by Crippen LogP contribution is -1.75. The smallest absolute Gasteiger partial charge is 0.142 e. The minimum Gasteiger partial charge on any atom is -0.506 e. The second-order valence-electron chi connectivity index (χ2n) is 4.41. The summed E-state index contributed by atoms with van der Waals surface area (Å²) in [5, 5.41) is 11.0. The molecule has 0 fully saturated rings. The van der Waals surface area contributed by atoms with E-state index in [1.54, 1.807) is 17.6 Å². The fraction of sp³-hybridized carbons (Fsp3) is 0.0625. The maximum Gasteiger partial charge on any atom is 0.142 e. The maximum absolute atomic E-state index is 10.1. The number of benzene rings is 2. The van der Waals surface area contributed by atoms with Crippen LogP contribution >= 0.6 is 11.3 Å². The van der Waals surface area contributed by atoms with Gasteiger partial charge in [-0.2, -0.15) is 0 Å². The number of thiophene rings is 1. The average Bonchev–Trinajstić information content (AvgIpc) is 2.74. The third kappa shape index (κ3) is 2.37. The predicted octanol–water partition coefficient (Wildman–Crippen LogP) is 4.67. The molecule has 0 aliphatic rings. The van der Waals surface area contributed by atoms with Crippen LogP contribution in [0.5, 0.6) is 5.75 Å². The van der Waals surface area contributed by atoms with E-state index in [2.05, 4.69) is 4.99 Å². The Balaban J connectivity index is 1.99. The highest BCUT2D eigenvalue weighted by molar-refractivity contribution is 7.21. The molecule has 3 heteroatoms. The van der Waals surface area contributed by atoms with Crippen molar-refractivity contribution in [2.45, 2.75) is 6.92 Å². The zero-order chi connectivity index (χ0) is 13.2. The Bertz CT molecular complexity index is 758. The molecule has 0 atom stereocenters. The molecule has 94 valence electrons. The van der Waals surface area contributed by atoms with E-state index >= 15 is 0 Å². The number of hydrogen-bond acceptors (Lipinski definition) is 3. The highest BCUT2D eigenvalue weighted by Crippen LogP contribution is 2.35. The number of aryl methyl sites for hydroxylation is 1. The Kier molecular flexibility index (Phi) is 3.05. The van der Waals surface area contributed by atoms with Gasteiger partial charge >= 0.3 is 0 Å². The molecule has 0 radical (unpaired) electrons. The molecule has 0 saturated carbocycles. The fourth-order valence-electron chi connectivity index (χ4n) is 1.98. The summed E-state index contributed by atoms with van der Waals surface area (Å²) in [6, 6.07) is 15.8. The Morgan fingerprint density at radius 3 is 2.74 bits per heavy atom. The summed E-state index contributed by atoms with van der Waals surface area (Å²) in [7, 11) is 0. The second kappa shape index (κ2) is 4.86. The SMILES string of the molecule is Cc1cccc(N=Cc2sc3ccccc3c2O)c1. The van der Waals surface area contributed by atoms with Crippen LogP contribution in [0.25, 0.3) is 10.1 Å². The molecule has 0 amide bonds. The van der Waals surface area contributed by atoms with Crippen LogP contribution in [0, 0.1) is 6.92 Å². The molecular weight excluding hydrogens is 254 g/mol. The van der Waals surface area contributed by atoms with Crippen molar-refractivity contribution < 1.29 is 5.11 Å². The topological polar surface area (TPSA) is 32.6 Å². The number of nitrogens with zero attached hydrogens (tertiary/aromatic N) is 1. The zero-order valence-corrected chi connectivity index (χ0v) is 11.3. The van der Waals surface area contributed by atoms with Crippen LogP contribution in [-0.2, 0) is 0 Å². The summed E-state index contributed by atoms with van der Waals surface area (Å²) in [6.45, 7) is 2.04. The van der Waals surface area contributed by atoms with Crippen LogP contribution in [0.2, 0.25) is 0 Å². The normalized spacial score (nSPS) is 11.4. The lowest BCUT2D eigenvalue weighted by atomic mass is 10.2. The van der Waals surface area contributed by atoms with Gasteiger partial charge in [-0.15, -0.1) is 11.3 Å². The van der Waals surface area contributed by atoms with Crippen molar-refractivity contribution in [2.75, 3.05) is 0 Å². The quantitative estimate of drug-likeness (QED) is 0.673. The number of hydrogen-bond donors (Lipinski definition) is 1. The van der Waals surface area contributed by atoms with Crippen LogP contribution in [0.15, 0.2) is 53.5 Å². The molecule has 3 rings (SSSR count). The Morgan fingerprint density at radius 2 is 1.95 bits per heavy atom. The van der Waals surface area contributed by atoms with Crippen molar-refractivity contribution in [1.29, 1.82) is 0 Å². The molecule has 0 aliphatic carbocycles. The molecule has 2 nitrogen and oxygen atoms in total. The Labute approximate surface area is 115 Å². The highest BCUT2D eigenvalue weighted by Gasteiger charge is 2.08. The van der Waals surface area contributed by atoms with Crippen LogP contribution < -0.4 is 0 Å². The van der Waals surface area contributed by atoms with Crippen LogP contribution in [0.1, 0.15) is 10.4 Å². The molecule has 1 N–H and O–H groups in total. The molecule has 1 aromatic heterocycles. The lowest BCUT2D eigenvalue weighted by Gasteiger charge is -1.95. The van der Waals surface area contributed by atoms with Gasteiger partial charge in [0.25, 0.3) is 0 Å². The number of fused-ring (bicyclic) bond motifs is 1. The highest BCUT2D eigenvalue weighted by atomic mass is 32.1. The molecule has 1 heterocycles. The largest absolute Gasteiger partial charge is 0.506 e. The van der Waals surface area contributed by atoms with Crippen molar-refractivity contribution in [3.05, 3.63) is 59.0 Å². The summed E-state index contributed by atoms with van der Waals surface area (Å²) < 4.78 is 1.07. The van der Waals surface area contributed by atoms with E-state index in [0.717, 1.165) is 20.7 Å². The predicted molar refractivity (Wildman–Crippen MR) is 81.9 cm³/mol. The first kappa shape index (κ1) is 11.9. The third-order valence-electron chi connectivity index (χ3n) is 2.93. The molecule has 3 aromatic rings. The molecule has 0 bridgehead atoms. The van der Waals surface area contributed by atoms with Gasteiger partial charge in [-0.1, -0.05) is 24.3 Å². The molecule has 0 spiro atoms. The van der Waals surface area contributed by atoms with Gasteiger partial charge in [0.05, 0.1) is 10.6 Å². The molecule has 2 aromatic carbocycles. The molecule has 0 unspecified atom stereocenters. The first-order valence-corrected chi connectivity index (χ1v) is 6.87. The van der Waals surface area contributed by atoms with Crippen LogP contribution in [0.4, 0.5) is 5.69 Å². The van der Waals surface area contributed by atoms with E-state index < -0.39 is 0 Å². The number of aromatic hydroxyl groups is 1. The van der Waals surface area contributed by atoms with Gasteiger partial charge < -0.3 is 5.11 Å². The summed E-state index contributed by atoms with van der Waals surface area (Å²) in [4.78, 5) is 5.21.